The standard InChI is InChI=1S/C18H21Br3/c1-17-6-11-4-12(7-17)9-18(8-11,10-17)16(21)14-5-13(19)2-3-15(14)20/h2-3,5,11-12,16H,4,6-10H2,1H3. The van der Waals surface area contributed by atoms with E-state index in [0.717, 1.165) is 11.8 Å². The highest BCUT2D eigenvalue weighted by molar-refractivity contribution is 9.11. The third-order valence-electron chi connectivity index (χ3n) is 6.17. The summed E-state index contributed by atoms with van der Waals surface area (Å²) in [6, 6.07) is 6.59. The van der Waals surface area contributed by atoms with Crippen LogP contribution in [0.15, 0.2) is 27.1 Å². The quantitative estimate of drug-likeness (QED) is 0.394. The number of rotatable bonds is 2. The average molecular weight is 477 g/mol. The van der Waals surface area contributed by atoms with E-state index in [0.29, 0.717) is 15.7 Å². The summed E-state index contributed by atoms with van der Waals surface area (Å²) in [5.41, 5.74) is 2.51. The molecule has 0 amide bonds. The zero-order valence-corrected chi connectivity index (χ0v) is 17.1. The first-order chi connectivity index (χ1) is 9.89. The van der Waals surface area contributed by atoms with Gasteiger partial charge in [-0.2, -0.15) is 0 Å². The topological polar surface area (TPSA) is 0 Å². The molecule has 0 heterocycles. The summed E-state index contributed by atoms with van der Waals surface area (Å²) in [6.07, 6.45) is 8.70. The maximum Gasteiger partial charge on any atom is 0.0463 e. The maximum absolute atomic E-state index is 4.13. The first-order valence-corrected chi connectivity index (χ1v) is 10.5. The highest BCUT2D eigenvalue weighted by Gasteiger charge is 2.58. The molecule has 5 rings (SSSR count). The van der Waals surface area contributed by atoms with Crippen LogP contribution >= 0.6 is 47.8 Å². The van der Waals surface area contributed by atoms with Gasteiger partial charge in [0, 0.05) is 13.8 Å². The van der Waals surface area contributed by atoms with E-state index >= 15 is 0 Å². The molecule has 114 valence electrons. The van der Waals surface area contributed by atoms with Gasteiger partial charge in [-0.1, -0.05) is 54.7 Å². The van der Waals surface area contributed by atoms with Crippen molar-refractivity contribution in [2.24, 2.45) is 22.7 Å². The summed E-state index contributed by atoms with van der Waals surface area (Å²) in [6.45, 7) is 2.55. The van der Waals surface area contributed by atoms with E-state index in [1.807, 2.05) is 0 Å². The molecule has 4 saturated carbocycles. The van der Waals surface area contributed by atoms with Crippen LogP contribution in [0.1, 0.15) is 55.8 Å². The van der Waals surface area contributed by atoms with Crippen molar-refractivity contribution in [3.8, 4) is 0 Å². The Hall–Kier alpha value is 0.660. The van der Waals surface area contributed by atoms with Gasteiger partial charge >= 0.3 is 0 Å². The minimum absolute atomic E-state index is 0.474. The van der Waals surface area contributed by atoms with E-state index in [-0.39, 0.29) is 0 Å². The number of alkyl halides is 1. The molecular formula is C18H21Br3. The zero-order chi connectivity index (χ0) is 14.8. The fourth-order valence-electron chi connectivity index (χ4n) is 6.13. The Kier molecular flexibility index (Phi) is 3.68. The summed E-state index contributed by atoms with van der Waals surface area (Å²) >= 11 is 11.5. The Morgan fingerprint density at radius 2 is 1.76 bits per heavy atom. The lowest BCUT2D eigenvalue weighted by Crippen LogP contribution is -2.52. The molecule has 0 saturated heterocycles. The summed E-state index contributed by atoms with van der Waals surface area (Å²) in [5, 5.41) is 0. The number of benzene rings is 1. The van der Waals surface area contributed by atoms with Gasteiger partial charge in [0.1, 0.15) is 0 Å². The predicted molar refractivity (Wildman–Crippen MR) is 98.7 cm³/mol. The van der Waals surface area contributed by atoms with Crippen LogP contribution in [0.2, 0.25) is 0 Å². The Morgan fingerprint density at radius 1 is 1.10 bits per heavy atom. The van der Waals surface area contributed by atoms with Gasteiger partial charge in [-0.15, -0.1) is 0 Å². The smallest absolute Gasteiger partial charge is 0.0463 e. The van der Waals surface area contributed by atoms with Gasteiger partial charge in [0.2, 0.25) is 0 Å². The second-order valence-electron chi connectivity index (χ2n) is 8.16. The van der Waals surface area contributed by atoms with Crippen LogP contribution in [0.25, 0.3) is 0 Å². The molecule has 0 nitrogen and oxygen atoms in total. The SMILES string of the molecule is CC12CC3CC(C1)CC(C(Br)c1cc(Br)ccc1Br)(C3)C2. The van der Waals surface area contributed by atoms with Crippen LogP contribution in [0.4, 0.5) is 0 Å². The van der Waals surface area contributed by atoms with Gasteiger partial charge in [0.05, 0.1) is 0 Å². The van der Waals surface area contributed by atoms with Crippen LogP contribution in [0, 0.1) is 22.7 Å². The number of hydrogen-bond acceptors (Lipinski definition) is 0. The van der Waals surface area contributed by atoms with Gasteiger partial charge in [0.25, 0.3) is 0 Å². The fourth-order valence-corrected chi connectivity index (χ4v) is 8.21. The lowest BCUT2D eigenvalue weighted by molar-refractivity contribution is -0.102. The molecule has 1 aromatic rings. The van der Waals surface area contributed by atoms with Crippen molar-refractivity contribution in [1.82, 2.24) is 0 Å². The summed E-state index contributed by atoms with van der Waals surface area (Å²) in [7, 11) is 0. The van der Waals surface area contributed by atoms with Gasteiger partial charge in [0.15, 0.2) is 0 Å². The van der Waals surface area contributed by atoms with Gasteiger partial charge in [-0.25, -0.2) is 0 Å². The molecule has 3 unspecified atom stereocenters. The van der Waals surface area contributed by atoms with E-state index in [4.69, 9.17) is 0 Å². The Morgan fingerprint density at radius 3 is 2.38 bits per heavy atom. The fraction of sp³-hybridized carbons (Fsp3) is 0.667. The lowest BCUT2D eigenvalue weighted by Gasteiger charge is -2.63. The summed E-state index contributed by atoms with van der Waals surface area (Å²) in [5.74, 6) is 1.95. The third-order valence-corrected chi connectivity index (χ3v) is 8.85. The summed E-state index contributed by atoms with van der Waals surface area (Å²) < 4.78 is 2.43. The second-order valence-corrected chi connectivity index (χ2v) is 10.8. The van der Waals surface area contributed by atoms with Crippen molar-refractivity contribution in [2.75, 3.05) is 0 Å². The monoisotopic (exact) mass is 474 g/mol. The van der Waals surface area contributed by atoms with Gasteiger partial charge in [-0.3, -0.25) is 0 Å². The van der Waals surface area contributed by atoms with Crippen molar-refractivity contribution in [2.45, 2.75) is 50.3 Å². The Balaban J connectivity index is 1.73. The first-order valence-electron chi connectivity index (χ1n) is 7.98. The average Bonchev–Trinajstić information content (AvgIpc) is 2.38. The van der Waals surface area contributed by atoms with Crippen molar-refractivity contribution in [1.29, 1.82) is 0 Å². The molecule has 3 heteroatoms. The Bertz CT molecular complexity index is 566. The zero-order valence-electron chi connectivity index (χ0n) is 12.3. The molecule has 21 heavy (non-hydrogen) atoms. The van der Waals surface area contributed by atoms with Crippen molar-refractivity contribution in [3.05, 3.63) is 32.7 Å². The molecule has 0 aliphatic heterocycles. The molecular weight excluding hydrogens is 456 g/mol. The molecule has 4 fully saturated rings. The van der Waals surface area contributed by atoms with E-state index in [1.54, 1.807) is 0 Å². The van der Waals surface area contributed by atoms with E-state index < -0.39 is 0 Å². The highest BCUT2D eigenvalue weighted by Crippen LogP contribution is 2.70. The first kappa shape index (κ1) is 15.2. The van der Waals surface area contributed by atoms with Crippen LogP contribution in [-0.2, 0) is 0 Å². The molecule has 4 aliphatic carbocycles. The molecule has 0 radical (unpaired) electrons. The van der Waals surface area contributed by atoms with Crippen LogP contribution in [-0.4, -0.2) is 0 Å². The molecule has 4 bridgehead atoms. The molecule has 4 aliphatic rings. The Labute approximate surface area is 152 Å². The van der Waals surface area contributed by atoms with Crippen molar-refractivity contribution in [3.63, 3.8) is 0 Å². The van der Waals surface area contributed by atoms with Crippen LogP contribution in [0.5, 0.6) is 0 Å². The highest BCUT2D eigenvalue weighted by atomic mass is 79.9. The molecule has 0 aromatic heterocycles. The minimum atomic E-state index is 0.474. The van der Waals surface area contributed by atoms with Gasteiger partial charge < -0.3 is 0 Å². The molecule has 3 atom stereocenters. The molecule has 0 spiro atoms. The second kappa shape index (κ2) is 5.08. The molecule has 1 aromatic carbocycles. The van der Waals surface area contributed by atoms with E-state index in [9.17, 15) is 0 Å². The minimum Gasteiger partial charge on any atom is -0.0832 e. The lowest BCUT2D eigenvalue weighted by atomic mass is 9.44. The van der Waals surface area contributed by atoms with Crippen molar-refractivity contribution < 1.29 is 0 Å². The number of halogens is 3. The normalized spacial score (nSPS) is 42.3. The summed E-state index contributed by atoms with van der Waals surface area (Å²) in [4.78, 5) is 0.474. The largest absolute Gasteiger partial charge is 0.0832 e. The van der Waals surface area contributed by atoms with Crippen molar-refractivity contribution >= 4 is 47.8 Å². The maximum atomic E-state index is 4.13. The van der Waals surface area contributed by atoms with E-state index in [1.165, 1.54) is 53.0 Å². The number of hydrogen-bond donors (Lipinski definition) is 0. The van der Waals surface area contributed by atoms with Crippen LogP contribution in [0.3, 0.4) is 0 Å². The third kappa shape index (κ3) is 2.50. The van der Waals surface area contributed by atoms with Crippen LogP contribution < -0.4 is 0 Å². The van der Waals surface area contributed by atoms with E-state index in [2.05, 4.69) is 72.9 Å². The van der Waals surface area contributed by atoms with Gasteiger partial charge in [-0.05, 0) is 85.0 Å². The molecule has 0 N–H and O–H groups in total. The predicted octanol–water partition coefficient (Wildman–Crippen LogP) is 7.25.